The van der Waals surface area contributed by atoms with Crippen molar-refractivity contribution in [3.05, 3.63) is 46.5 Å². The number of carbonyl (C=O) groups excluding carboxylic acids is 1. The van der Waals surface area contributed by atoms with E-state index in [0.29, 0.717) is 0 Å². The van der Waals surface area contributed by atoms with Gasteiger partial charge in [0.15, 0.2) is 5.78 Å². The summed E-state index contributed by atoms with van der Waals surface area (Å²) >= 11 is 0. The van der Waals surface area contributed by atoms with Gasteiger partial charge >= 0.3 is 0 Å². The summed E-state index contributed by atoms with van der Waals surface area (Å²) in [5.74, 6) is -3.24. The van der Waals surface area contributed by atoms with E-state index in [1.54, 1.807) is 0 Å². The number of benzene rings is 2. The van der Waals surface area contributed by atoms with Crippen molar-refractivity contribution in [2.75, 3.05) is 13.2 Å². The second-order valence-corrected chi connectivity index (χ2v) is 10.4. The molecule has 2 aromatic rings. The van der Waals surface area contributed by atoms with Crippen LogP contribution in [0.1, 0.15) is 45.7 Å². The monoisotopic (exact) mass is 598 g/mol. The minimum atomic E-state index is -1.90. The molecule has 2 unspecified atom stereocenters. The third-order valence-electron chi connectivity index (χ3n) is 7.69. The Morgan fingerprint density at radius 2 is 1.12 bits per heavy atom. The summed E-state index contributed by atoms with van der Waals surface area (Å²) in [6.07, 6.45) is -17.8. The van der Waals surface area contributed by atoms with E-state index in [1.807, 2.05) is 0 Å². The summed E-state index contributed by atoms with van der Waals surface area (Å²) in [4.78, 5) is 13.0. The summed E-state index contributed by atoms with van der Waals surface area (Å²) in [7, 11) is 0. The highest BCUT2D eigenvalue weighted by Crippen LogP contribution is 2.46. The molecule has 15 heteroatoms. The van der Waals surface area contributed by atoms with Gasteiger partial charge in [0.1, 0.15) is 89.6 Å². The molecule has 0 aliphatic carbocycles. The average molecular weight is 599 g/mol. The van der Waals surface area contributed by atoms with Crippen LogP contribution in [-0.4, -0.2) is 129 Å². The van der Waals surface area contributed by atoms with Crippen LogP contribution in [0.3, 0.4) is 0 Å². The van der Waals surface area contributed by atoms with Crippen molar-refractivity contribution in [2.45, 2.75) is 73.9 Å². The van der Waals surface area contributed by atoms with Crippen LogP contribution in [0, 0.1) is 0 Å². The Morgan fingerprint density at radius 1 is 0.643 bits per heavy atom. The quantitative estimate of drug-likeness (QED) is 0.138. The van der Waals surface area contributed by atoms with E-state index in [1.165, 1.54) is 6.07 Å². The van der Waals surface area contributed by atoms with E-state index in [-0.39, 0.29) is 23.1 Å². The number of hydrogen-bond donors (Lipinski definition) is 12. The third kappa shape index (κ3) is 5.76. The van der Waals surface area contributed by atoms with Crippen molar-refractivity contribution in [2.24, 2.45) is 0 Å². The number of aromatic hydroxyl groups is 4. The highest BCUT2D eigenvalue weighted by atomic mass is 16.6. The Kier molecular flexibility index (Phi) is 9.58. The number of ketones is 1. The molecule has 2 aliphatic rings. The fourth-order valence-corrected chi connectivity index (χ4v) is 5.46. The van der Waals surface area contributed by atoms with Crippen LogP contribution < -0.4 is 0 Å². The summed E-state index contributed by atoms with van der Waals surface area (Å²) in [5.41, 5.74) is -0.829. The molecule has 2 saturated heterocycles. The lowest BCUT2D eigenvalue weighted by atomic mass is 9.81. The van der Waals surface area contributed by atoms with Crippen LogP contribution in [0.2, 0.25) is 0 Å². The van der Waals surface area contributed by atoms with Gasteiger partial charge in [-0.25, -0.2) is 0 Å². The first kappa shape index (κ1) is 31.8. The number of hydrogen-bond acceptors (Lipinski definition) is 15. The van der Waals surface area contributed by atoms with E-state index >= 15 is 0 Å². The molecule has 42 heavy (non-hydrogen) atoms. The summed E-state index contributed by atoms with van der Waals surface area (Å²) in [5, 5.41) is 123. The first-order valence-corrected chi connectivity index (χ1v) is 13.1. The molecule has 2 aliphatic heterocycles. The van der Waals surface area contributed by atoms with Gasteiger partial charge in [-0.1, -0.05) is 6.07 Å². The Balaban J connectivity index is 1.82. The van der Waals surface area contributed by atoms with Gasteiger partial charge in [0.05, 0.1) is 13.2 Å². The standard InChI is InChI=1S/C27H34O15/c28-7-15-20(35)22(37)24(39)26(41-15)17-9(1-3-11(31)18-13(33)5-10(30)6-14(18)34)2-4-12(32)19(17)27-25(40)23(38)21(36)16(8-29)42-27/h2,4-6,15-16,20-30,32-40H,1,3,7-8H2/t15-,16-,20-,21-,22+,23+,24-,25-,26?,27?/m1/s1. The van der Waals surface area contributed by atoms with Crippen LogP contribution in [0.25, 0.3) is 0 Å². The van der Waals surface area contributed by atoms with Gasteiger partial charge in [-0.15, -0.1) is 0 Å². The van der Waals surface area contributed by atoms with Crippen molar-refractivity contribution in [1.29, 1.82) is 0 Å². The molecule has 4 rings (SSSR count). The Bertz CT molecular complexity index is 1260. The fourth-order valence-electron chi connectivity index (χ4n) is 5.46. The molecule has 2 fully saturated rings. The second-order valence-electron chi connectivity index (χ2n) is 10.4. The first-order chi connectivity index (χ1) is 19.8. The van der Waals surface area contributed by atoms with Crippen LogP contribution in [0.4, 0.5) is 0 Å². The lowest BCUT2D eigenvalue weighted by Gasteiger charge is -2.44. The number of carbonyl (C=O) groups is 1. The molecular formula is C27H34O15. The second kappa shape index (κ2) is 12.6. The SMILES string of the molecule is O=C(CCc1ccc(O)c(C2O[C@H](CO)[C@@H](O)[C@H](O)[C@H]2O)c1C1O[C@H](CO)[C@@H](O)[C@H](O)[C@H]1O)c1c(O)cc(O)cc1O. The van der Waals surface area contributed by atoms with Crippen LogP contribution in [0.15, 0.2) is 24.3 Å². The molecule has 2 aromatic carbocycles. The van der Waals surface area contributed by atoms with Gasteiger partial charge in [0.25, 0.3) is 0 Å². The topological polar surface area (TPSA) is 278 Å². The lowest BCUT2D eigenvalue weighted by Crippen LogP contribution is -2.56. The number of phenolic OH excluding ortho intramolecular Hbond substituents is 4. The molecule has 0 spiro atoms. The van der Waals surface area contributed by atoms with Crippen molar-refractivity contribution in [1.82, 2.24) is 0 Å². The number of ether oxygens (including phenoxy) is 2. The molecule has 232 valence electrons. The predicted octanol–water partition coefficient (Wildman–Crippen LogP) is -2.65. The third-order valence-corrected chi connectivity index (χ3v) is 7.69. The van der Waals surface area contributed by atoms with E-state index < -0.39 is 115 Å². The molecule has 0 aromatic heterocycles. The number of phenols is 4. The fraction of sp³-hybridized carbons (Fsp3) is 0.519. The first-order valence-electron chi connectivity index (χ1n) is 13.1. The molecular weight excluding hydrogens is 564 g/mol. The summed E-state index contributed by atoms with van der Waals surface area (Å²) in [6.45, 7) is -1.60. The van der Waals surface area contributed by atoms with E-state index in [9.17, 15) is 66.1 Å². The molecule has 0 bridgehead atoms. The predicted molar refractivity (Wildman–Crippen MR) is 138 cm³/mol. The van der Waals surface area contributed by atoms with Gasteiger partial charge in [0.2, 0.25) is 0 Å². The van der Waals surface area contributed by atoms with E-state index in [0.717, 1.165) is 18.2 Å². The number of Topliss-reactive ketones (excluding diaryl/α,β-unsaturated/α-hetero) is 1. The maximum atomic E-state index is 13.0. The number of aliphatic hydroxyl groups excluding tert-OH is 8. The molecule has 10 atom stereocenters. The molecule has 15 nitrogen and oxygen atoms in total. The van der Waals surface area contributed by atoms with Gasteiger partial charge in [-0.3, -0.25) is 4.79 Å². The van der Waals surface area contributed by atoms with Gasteiger partial charge in [-0.05, 0) is 23.6 Å². The van der Waals surface area contributed by atoms with Gasteiger partial charge in [0, 0.05) is 24.1 Å². The lowest BCUT2D eigenvalue weighted by molar-refractivity contribution is -0.238. The Labute approximate surface area is 238 Å². The summed E-state index contributed by atoms with van der Waals surface area (Å²) < 4.78 is 11.3. The molecule has 0 saturated carbocycles. The molecule has 2 heterocycles. The normalized spacial score (nSPS) is 33.4. The smallest absolute Gasteiger partial charge is 0.170 e. The zero-order chi connectivity index (χ0) is 31.0. The molecule has 12 N–H and O–H groups in total. The van der Waals surface area contributed by atoms with Crippen molar-refractivity contribution >= 4 is 5.78 Å². The van der Waals surface area contributed by atoms with Crippen molar-refractivity contribution in [3.8, 4) is 23.0 Å². The minimum Gasteiger partial charge on any atom is -0.508 e. The molecule has 0 radical (unpaired) electrons. The maximum Gasteiger partial charge on any atom is 0.170 e. The van der Waals surface area contributed by atoms with Crippen molar-refractivity contribution in [3.63, 3.8) is 0 Å². The summed E-state index contributed by atoms with van der Waals surface area (Å²) in [6, 6.07) is 4.15. The number of aliphatic hydroxyl groups is 8. The van der Waals surface area contributed by atoms with Gasteiger partial charge in [-0.2, -0.15) is 0 Å². The highest BCUT2D eigenvalue weighted by molar-refractivity contribution is 6.01. The number of aryl methyl sites for hydroxylation is 1. The van der Waals surface area contributed by atoms with E-state index in [4.69, 9.17) is 9.47 Å². The number of rotatable bonds is 8. The Morgan fingerprint density at radius 3 is 1.60 bits per heavy atom. The van der Waals surface area contributed by atoms with Crippen LogP contribution >= 0.6 is 0 Å². The van der Waals surface area contributed by atoms with Gasteiger partial charge < -0.3 is 70.8 Å². The zero-order valence-corrected chi connectivity index (χ0v) is 22.0. The minimum absolute atomic E-state index is 0.134. The van der Waals surface area contributed by atoms with Crippen LogP contribution in [0.5, 0.6) is 23.0 Å². The van der Waals surface area contributed by atoms with E-state index in [2.05, 4.69) is 0 Å². The van der Waals surface area contributed by atoms with Crippen LogP contribution in [-0.2, 0) is 15.9 Å². The largest absolute Gasteiger partial charge is 0.508 e. The average Bonchev–Trinajstić information content (AvgIpc) is 2.94. The molecule has 0 amide bonds. The maximum absolute atomic E-state index is 13.0. The Hall–Kier alpha value is -3.09. The zero-order valence-electron chi connectivity index (χ0n) is 22.0. The highest BCUT2D eigenvalue weighted by Gasteiger charge is 2.49. The van der Waals surface area contributed by atoms with Crippen molar-refractivity contribution < 1.29 is 75.5 Å².